The lowest BCUT2D eigenvalue weighted by Gasteiger charge is -2.36. The van der Waals surface area contributed by atoms with Crippen molar-refractivity contribution in [2.75, 3.05) is 4.31 Å². The molecule has 0 amide bonds. The number of aromatic nitrogens is 2. The molecule has 0 spiro atoms. The Labute approximate surface area is 143 Å². The first-order valence-electron chi connectivity index (χ1n) is 7.52. The zero-order valence-electron chi connectivity index (χ0n) is 12.8. The summed E-state index contributed by atoms with van der Waals surface area (Å²) in [4.78, 5) is 0.137. The number of halogens is 1. The highest BCUT2D eigenvalue weighted by atomic mass is 32.2. The summed E-state index contributed by atoms with van der Waals surface area (Å²) in [5, 5.41) is 0. The van der Waals surface area contributed by atoms with Gasteiger partial charge >= 0.3 is 0 Å². The fourth-order valence-electron chi connectivity index (χ4n) is 3.15. The van der Waals surface area contributed by atoms with Gasteiger partial charge in [0.05, 0.1) is 17.4 Å². The van der Waals surface area contributed by atoms with Gasteiger partial charge in [-0.25, -0.2) is 12.8 Å². The Kier molecular flexibility index (Phi) is 3.54. The standard InChI is InChI=1S/C16H14FN3O2S2/c1-10-5-6-11-9-12(17)7-8-14(11)20(10)24(21,22)15-4-2-3-13-16(15)19-23-18-13/h2-4,7-10H,5-6H2,1H3. The molecule has 2 heterocycles. The third kappa shape index (κ3) is 2.29. The van der Waals surface area contributed by atoms with E-state index in [1.54, 1.807) is 18.2 Å². The maximum atomic E-state index is 13.5. The number of anilines is 1. The molecular weight excluding hydrogens is 349 g/mol. The maximum Gasteiger partial charge on any atom is 0.266 e. The summed E-state index contributed by atoms with van der Waals surface area (Å²) in [5.41, 5.74) is 2.18. The Hall–Kier alpha value is -2.06. The van der Waals surface area contributed by atoms with Gasteiger partial charge in [-0.2, -0.15) is 8.75 Å². The average molecular weight is 363 g/mol. The summed E-state index contributed by atoms with van der Waals surface area (Å²) in [6.07, 6.45) is 1.30. The van der Waals surface area contributed by atoms with Crippen LogP contribution in [-0.2, 0) is 16.4 Å². The Balaban J connectivity index is 1.93. The van der Waals surface area contributed by atoms with Crippen LogP contribution in [-0.4, -0.2) is 23.2 Å². The van der Waals surface area contributed by atoms with Crippen molar-refractivity contribution in [3.63, 3.8) is 0 Å². The van der Waals surface area contributed by atoms with Crippen molar-refractivity contribution in [2.24, 2.45) is 0 Å². The van der Waals surface area contributed by atoms with Crippen LogP contribution in [0.5, 0.6) is 0 Å². The Bertz CT molecular complexity index is 1030. The van der Waals surface area contributed by atoms with Gasteiger partial charge in [0.1, 0.15) is 21.7 Å². The lowest BCUT2D eigenvalue weighted by Crippen LogP contribution is -2.42. The summed E-state index contributed by atoms with van der Waals surface area (Å²) in [5.74, 6) is -0.355. The number of aryl methyl sites for hydroxylation is 1. The normalized spacial score (nSPS) is 17.9. The monoisotopic (exact) mass is 363 g/mol. The van der Waals surface area contributed by atoms with Crippen LogP contribution in [0.1, 0.15) is 18.9 Å². The van der Waals surface area contributed by atoms with Gasteiger partial charge in [-0.05, 0) is 55.7 Å². The highest BCUT2D eigenvalue weighted by Gasteiger charge is 2.35. The number of nitrogens with zero attached hydrogens (tertiary/aromatic N) is 3. The van der Waals surface area contributed by atoms with Gasteiger partial charge in [0, 0.05) is 6.04 Å². The molecule has 5 nitrogen and oxygen atoms in total. The summed E-state index contributed by atoms with van der Waals surface area (Å²) in [6.45, 7) is 1.86. The quantitative estimate of drug-likeness (QED) is 0.700. The molecule has 1 aromatic heterocycles. The van der Waals surface area contributed by atoms with Crippen molar-refractivity contribution in [3.05, 3.63) is 47.8 Å². The third-order valence-electron chi connectivity index (χ3n) is 4.30. The van der Waals surface area contributed by atoms with Crippen LogP contribution in [0, 0.1) is 5.82 Å². The number of benzene rings is 2. The first-order chi connectivity index (χ1) is 11.5. The summed E-state index contributed by atoms with van der Waals surface area (Å²) in [7, 11) is -3.82. The first kappa shape index (κ1) is 15.5. The molecule has 0 saturated carbocycles. The smallest absolute Gasteiger partial charge is 0.263 e. The summed E-state index contributed by atoms with van der Waals surface area (Å²) >= 11 is 0.986. The molecule has 8 heteroatoms. The second-order valence-electron chi connectivity index (χ2n) is 5.85. The Morgan fingerprint density at radius 2 is 2.08 bits per heavy atom. The van der Waals surface area contributed by atoms with E-state index in [0.717, 1.165) is 11.7 Å². The zero-order valence-corrected chi connectivity index (χ0v) is 14.4. The largest absolute Gasteiger partial charge is 0.266 e. The van der Waals surface area contributed by atoms with Crippen LogP contribution in [0.2, 0.25) is 0 Å². The maximum absolute atomic E-state index is 13.5. The Morgan fingerprint density at radius 3 is 2.92 bits per heavy atom. The molecule has 4 rings (SSSR count). The molecule has 0 saturated heterocycles. The van der Waals surface area contributed by atoms with Gasteiger partial charge in [-0.15, -0.1) is 0 Å². The van der Waals surface area contributed by atoms with E-state index in [9.17, 15) is 12.8 Å². The lowest BCUT2D eigenvalue weighted by molar-refractivity contribution is 0.560. The average Bonchev–Trinajstić information content (AvgIpc) is 3.03. The molecule has 124 valence electrons. The van der Waals surface area contributed by atoms with Crippen LogP contribution >= 0.6 is 11.7 Å². The van der Waals surface area contributed by atoms with E-state index in [4.69, 9.17) is 0 Å². The number of hydrogen-bond acceptors (Lipinski definition) is 5. The van der Waals surface area contributed by atoms with Gasteiger partial charge in [0.25, 0.3) is 10.0 Å². The molecule has 0 aliphatic carbocycles. The van der Waals surface area contributed by atoms with Gasteiger partial charge in [-0.3, -0.25) is 4.31 Å². The van der Waals surface area contributed by atoms with E-state index in [2.05, 4.69) is 8.75 Å². The number of rotatable bonds is 2. The topological polar surface area (TPSA) is 63.2 Å². The minimum absolute atomic E-state index is 0.137. The van der Waals surface area contributed by atoms with Crippen LogP contribution in [0.4, 0.5) is 10.1 Å². The van der Waals surface area contributed by atoms with Crippen LogP contribution in [0.25, 0.3) is 11.0 Å². The lowest BCUT2D eigenvalue weighted by atomic mass is 9.99. The highest BCUT2D eigenvalue weighted by Crippen LogP contribution is 2.37. The van der Waals surface area contributed by atoms with Crippen molar-refractivity contribution in [1.29, 1.82) is 0 Å². The van der Waals surface area contributed by atoms with E-state index in [1.807, 2.05) is 6.92 Å². The predicted molar refractivity (Wildman–Crippen MR) is 91.3 cm³/mol. The fourth-order valence-corrected chi connectivity index (χ4v) is 5.63. The molecule has 0 radical (unpaired) electrons. The summed E-state index contributed by atoms with van der Waals surface area (Å²) < 4.78 is 49.8. The van der Waals surface area contributed by atoms with Crippen molar-refractivity contribution < 1.29 is 12.8 Å². The highest BCUT2D eigenvalue weighted by molar-refractivity contribution is 7.93. The molecular formula is C16H14FN3O2S2. The van der Waals surface area contributed by atoms with Crippen molar-refractivity contribution in [1.82, 2.24) is 8.75 Å². The molecule has 1 unspecified atom stereocenters. The minimum Gasteiger partial charge on any atom is -0.263 e. The number of sulfonamides is 1. The molecule has 24 heavy (non-hydrogen) atoms. The van der Waals surface area contributed by atoms with E-state index >= 15 is 0 Å². The SMILES string of the molecule is CC1CCc2cc(F)ccc2N1S(=O)(=O)c1cccc2nsnc12. The number of hydrogen-bond donors (Lipinski definition) is 0. The second kappa shape index (κ2) is 5.49. The molecule has 2 aromatic carbocycles. The summed E-state index contributed by atoms with van der Waals surface area (Å²) in [6, 6.07) is 8.98. The molecule has 1 aliphatic heterocycles. The third-order valence-corrected chi connectivity index (χ3v) is 6.80. The molecule has 0 bridgehead atoms. The van der Waals surface area contributed by atoms with E-state index in [-0.39, 0.29) is 16.8 Å². The molecule has 0 fully saturated rings. The van der Waals surface area contributed by atoms with E-state index in [1.165, 1.54) is 22.5 Å². The molecule has 3 aromatic rings. The second-order valence-corrected chi connectivity index (χ2v) is 8.16. The van der Waals surface area contributed by atoms with Crippen molar-refractivity contribution >= 4 is 38.5 Å². The fraction of sp³-hybridized carbons (Fsp3) is 0.250. The minimum atomic E-state index is -3.82. The van der Waals surface area contributed by atoms with Crippen molar-refractivity contribution in [3.8, 4) is 0 Å². The van der Waals surface area contributed by atoms with Gasteiger partial charge in [-0.1, -0.05) is 6.07 Å². The predicted octanol–water partition coefficient (Wildman–Crippen LogP) is 3.36. The van der Waals surface area contributed by atoms with Crippen molar-refractivity contribution in [2.45, 2.75) is 30.7 Å². The number of fused-ring (bicyclic) bond motifs is 2. The Morgan fingerprint density at radius 1 is 1.25 bits per heavy atom. The van der Waals surface area contributed by atoms with Gasteiger partial charge in [0.2, 0.25) is 0 Å². The van der Waals surface area contributed by atoms with Crippen LogP contribution < -0.4 is 4.31 Å². The van der Waals surface area contributed by atoms with Gasteiger partial charge < -0.3 is 0 Å². The van der Waals surface area contributed by atoms with Crippen LogP contribution in [0.15, 0.2) is 41.3 Å². The zero-order chi connectivity index (χ0) is 16.9. The van der Waals surface area contributed by atoms with E-state index in [0.29, 0.717) is 35.1 Å². The molecule has 0 N–H and O–H groups in total. The first-order valence-corrected chi connectivity index (χ1v) is 9.69. The van der Waals surface area contributed by atoms with E-state index < -0.39 is 10.0 Å². The molecule has 1 aliphatic rings. The molecule has 1 atom stereocenters. The van der Waals surface area contributed by atoms with Gasteiger partial charge in [0.15, 0.2) is 0 Å². The van der Waals surface area contributed by atoms with Crippen LogP contribution in [0.3, 0.4) is 0 Å².